The van der Waals surface area contributed by atoms with Crippen LogP contribution in [-0.2, 0) is 11.2 Å². The molecule has 2 nitrogen and oxygen atoms in total. The van der Waals surface area contributed by atoms with E-state index in [1.54, 1.807) is 0 Å². The molecule has 0 spiro atoms. The van der Waals surface area contributed by atoms with Gasteiger partial charge in [-0.05, 0) is 43.2 Å². The minimum atomic E-state index is 0.386. The van der Waals surface area contributed by atoms with E-state index in [1.807, 2.05) is 25.3 Å². The molecular weight excluding hydrogens is 198 g/mol. The van der Waals surface area contributed by atoms with Gasteiger partial charge in [-0.1, -0.05) is 12.5 Å². The van der Waals surface area contributed by atoms with Crippen LogP contribution in [0.4, 0.5) is 0 Å². The van der Waals surface area contributed by atoms with Crippen molar-refractivity contribution in [2.75, 3.05) is 0 Å². The second-order valence-corrected chi connectivity index (χ2v) is 5.25. The lowest BCUT2D eigenvalue weighted by atomic mass is 10.0. The fraction of sp³-hybridized carbons (Fsp3) is 0.571. The first-order chi connectivity index (χ1) is 7.75. The lowest BCUT2D eigenvalue weighted by Gasteiger charge is -2.02. The smallest absolute Gasteiger partial charge is 0.142 e. The number of carbonyl (C=O) groups is 1. The number of carbonyl (C=O) groups excluding carboxylic acids is 1. The Bertz CT molecular complexity index is 399. The second-order valence-electron chi connectivity index (χ2n) is 5.25. The van der Waals surface area contributed by atoms with Crippen molar-refractivity contribution in [3.63, 3.8) is 0 Å². The Balaban J connectivity index is 1.63. The van der Waals surface area contributed by atoms with Gasteiger partial charge in [0.05, 0.1) is 0 Å². The first-order valence-corrected chi connectivity index (χ1v) is 6.20. The molecule has 0 amide bonds. The molecule has 1 heterocycles. The summed E-state index contributed by atoms with van der Waals surface area (Å²) >= 11 is 0. The maximum atomic E-state index is 12.0. The van der Waals surface area contributed by atoms with Crippen LogP contribution in [0.1, 0.15) is 30.5 Å². The van der Waals surface area contributed by atoms with Crippen molar-refractivity contribution in [1.82, 2.24) is 4.98 Å². The highest BCUT2D eigenvalue weighted by Gasteiger charge is 2.55. The number of aryl methyl sites for hydroxylation is 1. The molecule has 2 heteroatoms. The van der Waals surface area contributed by atoms with Gasteiger partial charge in [0.1, 0.15) is 5.78 Å². The molecule has 1 aromatic heterocycles. The van der Waals surface area contributed by atoms with Crippen LogP contribution in [-0.4, -0.2) is 10.8 Å². The highest BCUT2D eigenvalue weighted by atomic mass is 16.1. The van der Waals surface area contributed by atoms with Crippen molar-refractivity contribution in [2.45, 2.75) is 32.6 Å². The Morgan fingerprint density at radius 3 is 2.75 bits per heavy atom. The van der Waals surface area contributed by atoms with Gasteiger partial charge in [0.2, 0.25) is 0 Å². The second kappa shape index (κ2) is 3.69. The summed E-state index contributed by atoms with van der Waals surface area (Å²) in [5.41, 5.74) is 2.08. The molecule has 0 saturated heterocycles. The molecule has 0 aromatic carbocycles. The SMILES string of the molecule is Cc1ccc(CC(=O)C2C3CCCC32)nc1. The zero-order valence-electron chi connectivity index (χ0n) is 9.65. The van der Waals surface area contributed by atoms with Crippen LogP contribution in [0.2, 0.25) is 0 Å². The summed E-state index contributed by atoms with van der Waals surface area (Å²) in [5.74, 6) is 2.28. The fourth-order valence-corrected chi connectivity index (χ4v) is 3.20. The van der Waals surface area contributed by atoms with E-state index in [1.165, 1.54) is 19.3 Å². The van der Waals surface area contributed by atoms with Crippen LogP contribution >= 0.6 is 0 Å². The quantitative estimate of drug-likeness (QED) is 0.775. The molecule has 2 atom stereocenters. The van der Waals surface area contributed by atoms with E-state index in [-0.39, 0.29) is 0 Å². The molecule has 0 radical (unpaired) electrons. The average Bonchev–Trinajstić information content (AvgIpc) is 2.76. The highest BCUT2D eigenvalue weighted by Crippen LogP contribution is 2.57. The largest absolute Gasteiger partial charge is 0.299 e. The third-order valence-electron chi connectivity index (χ3n) is 4.11. The van der Waals surface area contributed by atoms with E-state index in [0.717, 1.165) is 23.1 Å². The van der Waals surface area contributed by atoms with Crippen molar-refractivity contribution in [3.05, 3.63) is 29.6 Å². The number of hydrogen-bond donors (Lipinski definition) is 0. The number of rotatable bonds is 3. The maximum Gasteiger partial charge on any atom is 0.142 e. The van der Waals surface area contributed by atoms with Crippen molar-refractivity contribution in [3.8, 4) is 0 Å². The van der Waals surface area contributed by atoms with Crippen LogP contribution in [0.25, 0.3) is 0 Å². The third-order valence-corrected chi connectivity index (χ3v) is 4.11. The number of aromatic nitrogens is 1. The molecule has 84 valence electrons. The summed E-state index contributed by atoms with van der Waals surface area (Å²) in [7, 11) is 0. The molecule has 3 rings (SSSR count). The van der Waals surface area contributed by atoms with Crippen LogP contribution < -0.4 is 0 Å². The van der Waals surface area contributed by atoms with Gasteiger partial charge in [0, 0.05) is 24.2 Å². The Morgan fingerprint density at radius 1 is 1.38 bits per heavy atom. The predicted molar refractivity (Wildman–Crippen MR) is 62.0 cm³/mol. The van der Waals surface area contributed by atoms with Crippen LogP contribution in [0.15, 0.2) is 18.3 Å². The molecule has 0 bridgehead atoms. The fourth-order valence-electron chi connectivity index (χ4n) is 3.20. The van der Waals surface area contributed by atoms with Crippen LogP contribution in [0, 0.1) is 24.7 Å². The minimum absolute atomic E-state index is 0.386. The van der Waals surface area contributed by atoms with Gasteiger partial charge in [0.15, 0.2) is 0 Å². The Hall–Kier alpha value is -1.18. The van der Waals surface area contributed by atoms with E-state index in [2.05, 4.69) is 4.98 Å². The molecule has 2 saturated carbocycles. The minimum Gasteiger partial charge on any atom is -0.299 e. The maximum absolute atomic E-state index is 12.0. The van der Waals surface area contributed by atoms with Gasteiger partial charge < -0.3 is 0 Å². The van der Waals surface area contributed by atoms with Gasteiger partial charge in [-0.3, -0.25) is 9.78 Å². The number of fused-ring (bicyclic) bond motifs is 1. The average molecular weight is 215 g/mol. The number of ketones is 1. The topological polar surface area (TPSA) is 30.0 Å². The summed E-state index contributed by atoms with van der Waals surface area (Å²) in [6.07, 6.45) is 6.28. The van der Waals surface area contributed by atoms with Crippen molar-refractivity contribution >= 4 is 5.78 Å². The highest BCUT2D eigenvalue weighted by molar-refractivity contribution is 5.86. The zero-order chi connectivity index (χ0) is 11.1. The third kappa shape index (κ3) is 1.66. The van der Waals surface area contributed by atoms with Gasteiger partial charge in [0.25, 0.3) is 0 Å². The molecule has 0 N–H and O–H groups in total. The summed E-state index contributed by atoms with van der Waals surface area (Å²) in [6.45, 7) is 2.02. The molecule has 0 aliphatic heterocycles. The van der Waals surface area contributed by atoms with Crippen LogP contribution in [0.3, 0.4) is 0 Å². The lowest BCUT2D eigenvalue weighted by Crippen LogP contribution is -2.10. The first kappa shape index (κ1) is 10.0. The molecule has 2 aliphatic carbocycles. The number of pyridine rings is 1. The predicted octanol–water partition coefficient (Wildman–Crippen LogP) is 2.55. The van der Waals surface area contributed by atoms with E-state index in [4.69, 9.17) is 0 Å². The van der Waals surface area contributed by atoms with Crippen molar-refractivity contribution < 1.29 is 4.79 Å². The molecule has 2 fully saturated rings. The van der Waals surface area contributed by atoms with Crippen molar-refractivity contribution in [1.29, 1.82) is 0 Å². The van der Waals surface area contributed by atoms with Gasteiger partial charge >= 0.3 is 0 Å². The Labute approximate surface area is 96.1 Å². The number of nitrogens with zero attached hydrogens (tertiary/aromatic N) is 1. The van der Waals surface area contributed by atoms with Crippen LogP contribution in [0.5, 0.6) is 0 Å². The summed E-state index contributed by atoms with van der Waals surface area (Å²) < 4.78 is 0. The standard InChI is InChI=1S/C14H17NO/c1-9-5-6-10(15-8-9)7-13(16)14-11-3-2-4-12(11)14/h5-6,8,11-12,14H,2-4,7H2,1H3. The van der Waals surface area contributed by atoms with E-state index in [9.17, 15) is 4.79 Å². The zero-order valence-corrected chi connectivity index (χ0v) is 9.65. The normalized spacial score (nSPS) is 31.2. The Kier molecular flexibility index (Phi) is 2.31. The van der Waals surface area contributed by atoms with Gasteiger partial charge in [-0.2, -0.15) is 0 Å². The van der Waals surface area contributed by atoms with Gasteiger partial charge in [-0.15, -0.1) is 0 Å². The molecule has 16 heavy (non-hydrogen) atoms. The summed E-state index contributed by atoms with van der Waals surface area (Å²) in [6, 6.07) is 4.01. The van der Waals surface area contributed by atoms with E-state index >= 15 is 0 Å². The molecule has 2 unspecified atom stereocenters. The van der Waals surface area contributed by atoms with E-state index in [0.29, 0.717) is 18.1 Å². The monoisotopic (exact) mass is 215 g/mol. The van der Waals surface area contributed by atoms with E-state index < -0.39 is 0 Å². The summed E-state index contributed by atoms with van der Waals surface area (Å²) in [4.78, 5) is 16.3. The molecular formula is C14H17NO. The Morgan fingerprint density at radius 2 is 2.12 bits per heavy atom. The van der Waals surface area contributed by atoms with Gasteiger partial charge in [-0.25, -0.2) is 0 Å². The number of Topliss-reactive ketones (excluding diaryl/α,β-unsaturated/α-hetero) is 1. The first-order valence-electron chi connectivity index (χ1n) is 6.20. The van der Waals surface area contributed by atoms with Crippen molar-refractivity contribution in [2.24, 2.45) is 17.8 Å². The lowest BCUT2D eigenvalue weighted by molar-refractivity contribution is -0.120. The number of hydrogen-bond acceptors (Lipinski definition) is 2. The summed E-state index contributed by atoms with van der Waals surface area (Å²) in [5, 5.41) is 0. The molecule has 1 aromatic rings. The molecule has 2 aliphatic rings.